The number of hydrogen-bond acceptors (Lipinski definition) is 7. The van der Waals surface area contributed by atoms with Crippen molar-refractivity contribution in [1.82, 2.24) is 10.6 Å². The zero-order chi connectivity index (χ0) is 20.2. The zero-order valence-electron chi connectivity index (χ0n) is 16.4. The molecule has 0 aromatic heterocycles. The molecule has 7 heteroatoms. The molecule has 2 fully saturated rings. The molecule has 0 saturated carbocycles. The molecule has 5 nitrogen and oxygen atoms in total. The van der Waals surface area contributed by atoms with Gasteiger partial charge in [-0.25, -0.2) is 0 Å². The fourth-order valence-electron chi connectivity index (χ4n) is 4.35. The van der Waals surface area contributed by atoms with Crippen LogP contribution in [0.5, 0.6) is 0 Å². The summed E-state index contributed by atoms with van der Waals surface area (Å²) in [5, 5.41) is 15.3. The molecule has 1 aromatic carbocycles. The number of ketones is 2. The van der Waals surface area contributed by atoms with Crippen molar-refractivity contribution in [3.63, 3.8) is 0 Å². The van der Waals surface area contributed by atoms with Crippen LogP contribution in [-0.2, 0) is 16.0 Å². The van der Waals surface area contributed by atoms with Crippen LogP contribution in [0.25, 0.3) is 6.08 Å². The van der Waals surface area contributed by atoms with Crippen LogP contribution in [0.2, 0.25) is 0 Å². The fourth-order valence-corrected chi connectivity index (χ4v) is 6.75. The number of benzene rings is 1. The standard InChI is InChI=1S/C22H28N2O3S2/c25-11-17-21(28-12-23-17)20(27)19-22(29-13-24-19)18(26)8-4-1-5-14-9-15-6-2-3-7-16(15)10-14/h2-3,6-7,9,17,19,21-25H,1,4-5,8,10-13H2/t17-,19-,21?,22?/m1/s1. The predicted octanol–water partition coefficient (Wildman–Crippen LogP) is 2.38. The summed E-state index contributed by atoms with van der Waals surface area (Å²) in [4.78, 5) is 25.7. The third-order valence-corrected chi connectivity index (χ3v) is 8.43. The average molecular weight is 433 g/mol. The molecule has 3 N–H and O–H groups in total. The van der Waals surface area contributed by atoms with Gasteiger partial charge in [-0.15, -0.1) is 23.5 Å². The highest BCUT2D eigenvalue weighted by atomic mass is 32.2. The van der Waals surface area contributed by atoms with E-state index < -0.39 is 6.04 Å². The van der Waals surface area contributed by atoms with Crippen LogP contribution >= 0.6 is 23.5 Å². The summed E-state index contributed by atoms with van der Waals surface area (Å²) in [5.41, 5.74) is 4.17. The molecule has 156 valence electrons. The largest absolute Gasteiger partial charge is 0.395 e. The van der Waals surface area contributed by atoms with Crippen LogP contribution < -0.4 is 10.6 Å². The second kappa shape index (κ2) is 9.79. The molecular weight excluding hydrogens is 404 g/mol. The number of aliphatic hydroxyl groups is 1. The first-order valence-corrected chi connectivity index (χ1v) is 12.4. The lowest BCUT2D eigenvalue weighted by atomic mass is 9.97. The van der Waals surface area contributed by atoms with Gasteiger partial charge in [-0.3, -0.25) is 14.9 Å². The van der Waals surface area contributed by atoms with Crippen molar-refractivity contribution in [2.45, 2.75) is 54.7 Å². The molecule has 0 spiro atoms. The van der Waals surface area contributed by atoms with E-state index in [1.54, 1.807) is 11.8 Å². The minimum absolute atomic E-state index is 0.0521. The van der Waals surface area contributed by atoms with Crippen LogP contribution in [0.1, 0.15) is 36.8 Å². The van der Waals surface area contributed by atoms with E-state index in [1.807, 2.05) is 0 Å². The maximum absolute atomic E-state index is 12.9. The molecule has 2 aliphatic heterocycles. The van der Waals surface area contributed by atoms with Gasteiger partial charge in [0.05, 0.1) is 23.1 Å². The molecule has 4 rings (SSSR count). The van der Waals surface area contributed by atoms with E-state index in [0.29, 0.717) is 18.2 Å². The van der Waals surface area contributed by atoms with Crippen molar-refractivity contribution in [3.8, 4) is 0 Å². The number of fused-ring (bicyclic) bond motifs is 1. The van der Waals surface area contributed by atoms with E-state index in [-0.39, 0.29) is 34.7 Å². The molecule has 1 aliphatic carbocycles. The summed E-state index contributed by atoms with van der Waals surface area (Å²) in [5.74, 6) is 1.53. The van der Waals surface area contributed by atoms with Crippen molar-refractivity contribution < 1.29 is 14.7 Å². The first kappa shape index (κ1) is 21.1. The van der Waals surface area contributed by atoms with Gasteiger partial charge >= 0.3 is 0 Å². The highest BCUT2D eigenvalue weighted by Gasteiger charge is 2.44. The van der Waals surface area contributed by atoms with E-state index in [9.17, 15) is 14.7 Å². The second-order valence-electron chi connectivity index (χ2n) is 7.89. The first-order valence-electron chi connectivity index (χ1n) is 10.3. The minimum atomic E-state index is -0.425. The third kappa shape index (κ3) is 4.80. The van der Waals surface area contributed by atoms with Gasteiger partial charge in [-0.2, -0.15) is 0 Å². The van der Waals surface area contributed by atoms with Gasteiger partial charge in [0, 0.05) is 24.2 Å². The summed E-state index contributed by atoms with van der Waals surface area (Å²) < 4.78 is 0. The van der Waals surface area contributed by atoms with Gasteiger partial charge in [0.1, 0.15) is 5.78 Å². The number of carbonyl (C=O) groups excluding carboxylic acids is 2. The van der Waals surface area contributed by atoms with Crippen LogP contribution in [0.15, 0.2) is 29.8 Å². The van der Waals surface area contributed by atoms with Crippen molar-refractivity contribution >= 4 is 41.2 Å². The highest BCUT2D eigenvalue weighted by molar-refractivity contribution is 8.01. The highest BCUT2D eigenvalue weighted by Crippen LogP contribution is 2.31. The summed E-state index contributed by atoms with van der Waals surface area (Å²) >= 11 is 3.07. The number of allylic oxidation sites excluding steroid dienone is 1. The molecular formula is C22H28N2O3S2. The average Bonchev–Trinajstić information content (AvgIpc) is 3.48. The lowest BCUT2D eigenvalue weighted by molar-refractivity contribution is -0.125. The Bertz CT molecular complexity index is 798. The van der Waals surface area contributed by atoms with Crippen LogP contribution in [0.3, 0.4) is 0 Å². The lowest BCUT2D eigenvalue weighted by Crippen LogP contribution is -2.50. The topological polar surface area (TPSA) is 78.4 Å². The SMILES string of the molecule is O=C(CCCCC1=Cc2ccccc2C1)C1SCN[C@@H]1C(=O)C1SCN[C@@H]1CO. The molecule has 29 heavy (non-hydrogen) atoms. The summed E-state index contributed by atoms with van der Waals surface area (Å²) in [7, 11) is 0. The Morgan fingerprint density at radius 2 is 1.86 bits per heavy atom. The number of aliphatic hydroxyl groups excluding tert-OH is 1. The number of nitrogens with one attached hydrogen (secondary N) is 2. The number of rotatable bonds is 9. The molecule has 0 radical (unpaired) electrons. The molecule has 3 aliphatic rings. The number of Topliss-reactive ketones (excluding diaryl/α,β-unsaturated/α-hetero) is 2. The Hall–Kier alpha value is -1.12. The smallest absolute Gasteiger partial charge is 0.165 e. The molecule has 1 aromatic rings. The van der Waals surface area contributed by atoms with E-state index in [2.05, 4.69) is 41.0 Å². The minimum Gasteiger partial charge on any atom is -0.395 e. The van der Waals surface area contributed by atoms with Gasteiger partial charge in [0.25, 0.3) is 0 Å². The molecule has 2 saturated heterocycles. The maximum atomic E-state index is 12.9. The van der Waals surface area contributed by atoms with Gasteiger partial charge in [0.15, 0.2) is 5.78 Å². The van der Waals surface area contributed by atoms with Crippen LogP contribution in [0, 0.1) is 0 Å². The number of thioether (sulfide) groups is 2. The van der Waals surface area contributed by atoms with E-state index in [1.165, 1.54) is 28.5 Å². The quantitative estimate of drug-likeness (QED) is 0.517. The van der Waals surface area contributed by atoms with Crippen molar-refractivity contribution in [1.29, 1.82) is 0 Å². The monoisotopic (exact) mass is 432 g/mol. The predicted molar refractivity (Wildman–Crippen MR) is 120 cm³/mol. The second-order valence-corrected chi connectivity index (χ2v) is 10.2. The molecule has 0 amide bonds. The Kier molecular flexibility index (Phi) is 7.13. The van der Waals surface area contributed by atoms with Crippen molar-refractivity contribution in [3.05, 3.63) is 41.0 Å². The van der Waals surface area contributed by atoms with Crippen LogP contribution in [-0.4, -0.2) is 57.6 Å². The zero-order valence-corrected chi connectivity index (χ0v) is 18.1. The molecule has 0 bridgehead atoms. The number of carbonyl (C=O) groups is 2. The normalized spacial score (nSPS) is 28.4. The van der Waals surface area contributed by atoms with Crippen molar-refractivity contribution in [2.75, 3.05) is 18.4 Å². The van der Waals surface area contributed by atoms with E-state index in [0.717, 1.165) is 25.7 Å². The van der Waals surface area contributed by atoms with Gasteiger partial charge in [-0.05, 0) is 36.8 Å². The molecule has 4 atom stereocenters. The van der Waals surface area contributed by atoms with Crippen molar-refractivity contribution in [2.24, 2.45) is 0 Å². The summed E-state index contributed by atoms with van der Waals surface area (Å²) in [6, 6.07) is 7.87. The van der Waals surface area contributed by atoms with E-state index in [4.69, 9.17) is 0 Å². The van der Waals surface area contributed by atoms with Gasteiger partial charge in [-0.1, -0.05) is 35.9 Å². The van der Waals surface area contributed by atoms with Crippen LogP contribution in [0.4, 0.5) is 0 Å². The maximum Gasteiger partial charge on any atom is 0.165 e. The Labute approximate surface area is 180 Å². The summed E-state index contributed by atoms with van der Waals surface area (Å²) in [6.07, 6.45) is 6.74. The Morgan fingerprint density at radius 3 is 2.69 bits per heavy atom. The molecule has 2 heterocycles. The van der Waals surface area contributed by atoms with Gasteiger partial charge in [0.2, 0.25) is 0 Å². The number of unbranched alkanes of at least 4 members (excludes halogenated alkanes) is 1. The molecule has 2 unspecified atom stereocenters. The summed E-state index contributed by atoms with van der Waals surface area (Å²) in [6.45, 7) is -0.0540. The van der Waals surface area contributed by atoms with E-state index >= 15 is 0 Å². The van der Waals surface area contributed by atoms with Gasteiger partial charge < -0.3 is 10.4 Å². The third-order valence-electron chi connectivity index (χ3n) is 5.95. The lowest BCUT2D eigenvalue weighted by Gasteiger charge is -2.22. The Balaban J connectivity index is 1.24. The Morgan fingerprint density at radius 1 is 1.07 bits per heavy atom. The first-order chi connectivity index (χ1) is 14.2. The fraction of sp³-hybridized carbons (Fsp3) is 0.545. The number of hydrogen-bond donors (Lipinski definition) is 3.